The molecule has 2 aliphatic rings. The average molecular weight is 415 g/mol. The Morgan fingerprint density at radius 2 is 1.74 bits per heavy atom. The Hall–Kier alpha value is -2.37. The number of carbonyl (C=O) groups is 1. The molecule has 1 unspecified atom stereocenters. The molecule has 0 bridgehead atoms. The van der Waals surface area contributed by atoms with Crippen molar-refractivity contribution in [1.82, 2.24) is 0 Å². The first-order chi connectivity index (χ1) is 14.8. The summed E-state index contributed by atoms with van der Waals surface area (Å²) in [6, 6.07) is 4.12. The van der Waals surface area contributed by atoms with Gasteiger partial charge in [0, 0.05) is 17.1 Å². The van der Waals surface area contributed by atoms with E-state index in [-0.39, 0.29) is 5.78 Å². The van der Waals surface area contributed by atoms with E-state index in [0.29, 0.717) is 5.92 Å². The van der Waals surface area contributed by atoms with Crippen LogP contribution in [0, 0.1) is 32.6 Å². The van der Waals surface area contributed by atoms with Crippen LogP contribution in [0.5, 0.6) is 0 Å². The highest BCUT2D eigenvalue weighted by Crippen LogP contribution is 2.38. The molecule has 0 aromatic heterocycles. The number of hydrogen-bond acceptors (Lipinski definition) is 1. The molecule has 0 heterocycles. The van der Waals surface area contributed by atoms with Gasteiger partial charge in [-0.05, 0) is 86.4 Å². The van der Waals surface area contributed by atoms with Crippen molar-refractivity contribution in [2.75, 3.05) is 0 Å². The van der Waals surface area contributed by atoms with E-state index in [1.165, 1.54) is 66.4 Å². The topological polar surface area (TPSA) is 17.1 Å². The van der Waals surface area contributed by atoms with E-state index in [1.807, 2.05) is 19.1 Å². The minimum Gasteiger partial charge on any atom is -0.289 e. The van der Waals surface area contributed by atoms with Gasteiger partial charge in [0.1, 0.15) is 0 Å². The third-order valence-corrected chi connectivity index (χ3v) is 7.48. The number of benzene rings is 1. The van der Waals surface area contributed by atoms with E-state index in [9.17, 15) is 4.79 Å². The SMILES string of the molecule is C=C=C(CCC1CCCCC1)C1=C(C)C(C)C(/C=C/C(=O)c2cc(C)c(C)cc2C)=C1. The minimum absolute atomic E-state index is 0.0802. The molecular weight excluding hydrogens is 376 g/mol. The third kappa shape index (κ3) is 5.46. The maximum absolute atomic E-state index is 12.9. The molecule has 0 N–H and O–H groups in total. The first-order valence-electron chi connectivity index (χ1n) is 11.9. The van der Waals surface area contributed by atoms with Gasteiger partial charge in [-0.25, -0.2) is 0 Å². The summed E-state index contributed by atoms with van der Waals surface area (Å²) in [5, 5.41) is 0. The van der Waals surface area contributed by atoms with Crippen LogP contribution in [0.3, 0.4) is 0 Å². The van der Waals surface area contributed by atoms with Crippen LogP contribution in [0.4, 0.5) is 0 Å². The summed E-state index contributed by atoms with van der Waals surface area (Å²) in [5.41, 5.74) is 12.6. The molecule has 1 aromatic rings. The third-order valence-electron chi connectivity index (χ3n) is 7.48. The number of hydrogen-bond donors (Lipinski definition) is 0. The van der Waals surface area contributed by atoms with Gasteiger partial charge >= 0.3 is 0 Å². The van der Waals surface area contributed by atoms with Gasteiger partial charge in [-0.3, -0.25) is 4.79 Å². The van der Waals surface area contributed by atoms with E-state index in [4.69, 9.17) is 0 Å². The van der Waals surface area contributed by atoms with Crippen LogP contribution < -0.4 is 0 Å². The molecule has 164 valence electrons. The van der Waals surface area contributed by atoms with Crippen molar-refractivity contribution in [2.45, 2.75) is 79.6 Å². The lowest BCUT2D eigenvalue weighted by molar-refractivity contribution is 0.104. The number of aryl methyl sites for hydroxylation is 3. The molecule has 0 spiro atoms. The molecule has 2 aliphatic carbocycles. The first kappa shape index (κ1) is 23.3. The van der Waals surface area contributed by atoms with Gasteiger partial charge in [0.05, 0.1) is 0 Å². The zero-order chi connectivity index (χ0) is 22.5. The van der Waals surface area contributed by atoms with Crippen LogP contribution in [-0.4, -0.2) is 5.78 Å². The number of rotatable bonds is 7. The average Bonchev–Trinajstić information content (AvgIpc) is 3.04. The molecular formula is C30H38O. The fourth-order valence-corrected chi connectivity index (χ4v) is 5.04. The minimum atomic E-state index is 0.0802. The molecule has 3 rings (SSSR count). The van der Waals surface area contributed by atoms with E-state index in [0.717, 1.165) is 29.0 Å². The summed E-state index contributed by atoms with van der Waals surface area (Å²) in [7, 11) is 0. The summed E-state index contributed by atoms with van der Waals surface area (Å²) in [5.74, 6) is 1.26. The predicted molar refractivity (Wildman–Crippen MR) is 133 cm³/mol. The fraction of sp³-hybridized carbons (Fsp3) is 0.467. The van der Waals surface area contributed by atoms with E-state index >= 15 is 0 Å². The summed E-state index contributed by atoms with van der Waals surface area (Å²) in [6.07, 6.45) is 15.3. The number of allylic oxidation sites excluding steroid dienone is 7. The number of ketones is 1. The van der Waals surface area contributed by atoms with Crippen molar-refractivity contribution in [3.8, 4) is 0 Å². The van der Waals surface area contributed by atoms with Gasteiger partial charge in [0.25, 0.3) is 0 Å². The molecule has 31 heavy (non-hydrogen) atoms. The van der Waals surface area contributed by atoms with Crippen LogP contribution >= 0.6 is 0 Å². The predicted octanol–water partition coefficient (Wildman–Crippen LogP) is 8.32. The second kappa shape index (κ2) is 10.3. The molecule has 1 fully saturated rings. The van der Waals surface area contributed by atoms with E-state index in [2.05, 4.69) is 52.1 Å². The lowest BCUT2D eigenvalue weighted by atomic mass is 9.84. The molecule has 0 aliphatic heterocycles. The Kier molecular flexibility index (Phi) is 7.74. The fourth-order valence-electron chi connectivity index (χ4n) is 5.04. The lowest BCUT2D eigenvalue weighted by Gasteiger charge is -2.21. The molecule has 0 amide bonds. The van der Waals surface area contributed by atoms with Gasteiger partial charge in [0.2, 0.25) is 0 Å². The van der Waals surface area contributed by atoms with Gasteiger partial charge in [-0.1, -0.05) is 69.4 Å². The smallest absolute Gasteiger partial charge is 0.186 e. The van der Waals surface area contributed by atoms with E-state index < -0.39 is 0 Å². The molecule has 1 nitrogen and oxygen atoms in total. The normalized spacial score (nSPS) is 19.6. The Bertz CT molecular complexity index is 985. The second-order valence-electron chi connectivity index (χ2n) is 9.61. The van der Waals surface area contributed by atoms with Crippen LogP contribution in [0.2, 0.25) is 0 Å². The molecule has 1 aromatic carbocycles. The standard InChI is InChI=1S/C30H38O/c1-7-26(14-13-25-11-9-8-10-12-25)29-19-27(23(5)24(29)6)15-16-30(31)28-18-21(3)20(2)17-22(28)4/h15-19,23,25H,1,8-14H2,2-6H3/b16-15+. The first-order valence-corrected chi connectivity index (χ1v) is 11.9. The van der Waals surface area contributed by atoms with Crippen LogP contribution in [-0.2, 0) is 0 Å². The lowest BCUT2D eigenvalue weighted by Crippen LogP contribution is -2.06. The number of carbonyl (C=O) groups excluding carboxylic acids is 1. The highest BCUT2D eigenvalue weighted by atomic mass is 16.1. The molecule has 1 atom stereocenters. The Morgan fingerprint density at radius 1 is 1.06 bits per heavy atom. The molecule has 1 heteroatoms. The Morgan fingerprint density at radius 3 is 2.42 bits per heavy atom. The van der Waals surface area contributed by atoms with Crippen molar-refractivity contribution >= 4 is 5.78 Å². The van der Waals surface area contributed by atoms with Crippen LogP contribution in [0.25, 0.3) is 0 Å². The van der Waals surface area contributed by atoms with Gasteiger partial charge < -0.3 is 0 Å². The zero-order valence-electron chi connectivity index (χ0n) is 20.1. The molecule has 1 saturated carbocycles. The van der Waals surface area contributed by atoms with Crippen molar-refractivity contribution in [3.05, 3.63) is 87.2 Å². The summed E-state index contributed by atoms with van der Waals surface area (Å²) < 4.78 is 0. The summed E-state index contributed by atoms with van der Waals surface area (Å²) in [6.45, 7) is 14.6. The van der Waals surface area contributed by atoms with E-state index in [1.54, 1.807) is 6.08 Å². The van der Waals surface area contributed by atoms with Crippen LogP contribution in [0.15, 0.2) is 65.0 Å². The zero-order valence-corrected chi connectivity index (χ0v) is 20.1. The maximum atomic E-state index is 12.9. The van der Waals surface area contributed by atoms with Crippen molar-refractivity contribution in [2.24, 2.45) is 11.8 Å². The second-order valence-corrected chi connectivity index (χ2v) is 9.61. The quantitative estimate of drug-likeness (QED) is 0.249. The van der Waals surface area contributed by atoms with Gasteiger partial charge in [-0.15, -0.1) is 5.73 Å². The summed E-state index contributed by atoms with van der Waals surface area (Å²) in [4.78, 5) is 12.9. The molecule has 0 saturated heterocycles. The maximum Gasteiger partial charge on any atom is 0.186 e. The van der Waals surface area contributed by atoms with Crippen molar-refractivity contribution in [3.63, 3.8) is 0 Å². The van der Waals surface area contributed by atoms with Gasteiger partial charge in [0.15, 0.2) is 5.78 Å². The summed E-state index contributed by atoms with van der Waals surface area (Å²) >= 11 is 0. The van der Waals surface area contributed by atoms with Crippen molar-refractivity contribution in [1.29, 1.82) is 0 Å². The van der Waals surface area contributed by atoms with Crippen LogP contribution in [0.1, 0.15) is 85.8 Å². The van der Waals surface area contributed by atoms with Crippen molar-refractivity contribution < 1.29 is 4.79 Å². The Labute approximate surface area is 189 Å². The monoisotopic (exact) mass is 414 g/mol. The molecule has 0 radical (unpaired) electrons. The highest BCUT2D eigenvalue weighted by Gasteiger charge is 2.23. The highest BCUT2D eigenvalue weighted by molar-refractivity contribution is 6.06. The van der Waals surface area contributed by atoms with Gasteiger partial charge in [-0.2, -0.15) is 0 Å². The largest absolute Gasteiger partial charge is 0.289 e. The Balaban J connectivity index is 1.72.